The topological polar surface area (TPSA) is 62.7 Å². The lowest BCUT2D eigenvalue weighted by Crippen LogP contribution is -2.28. The fourth-order valence-corrected chi connectivity index (χ4v) is 3.20. The number of nitrogens with two attached hydrogens (primary N) is 1. The van der Waals surface area contributed by atoms with Crippen LogP contribution in [0.15, 0.2) is 0 Å². The van der Waals surface area contributed by atoms with Gasteiger partial charge in [0.05, 0.1) is 18.2 Å². The number of hydrogen-bond acceptors (Lipinski definition) is 4. The molecule has 3 nitrogen and oxygen atoms in total. The maximum Gasteiger partial charge on any atom is 0.107 e. The molecule has 0 amide bonds. The first-order valence-electron chi connectivity index (χ1n) is 5.13. The van der Waals surface area contributed by atoms with E-state index in [0.29, 0.717) is 6.42 Å². The molecule has 0 aromatic carbocycles. The molecule has 1 aliphatic carbocycles. The molecule has 0 aliphatic heterocycles. The molecule has 1 atom stereocenters. The second-order valence-electron chi connectivity index (χ2n) is 4.91. The molecule has 0 fully saturated rings. The van der Waals surface area contributed by atoms with Crippen molar-refractivity contribution < 1.29 is 0 Å². The Morgan fingerprint density at radius 1 is 1.67 bits per heavy atom. The van der Waals surface area contributed by atoms with Gasteiger partial charge in [0.25, 0.3) is 0 Å². The summed E-state index contributed by atoms with van der Waals surface area (Å²) in [7, 11) is 0. The number of aromatic nitrogens is 1. The van der Waals surface area contributed by atoms with Crippen molar-refractivity contribution in [1.82, 2.24) is 4.98 Å². The molecule has 4 heteroatoms. The molecule has 80 valence electrons. The van der Waals surface area contributed by atoms with Crippen LogP contribution in [0.4, 0.5) is 0 Å². The van der Waals surface area contributed by atoms with Crippen molar-refractivity contribution in [3.8, 4) is 6.07 Å². The molecular formula is C11H15N3S. The van der Waals surface area contributed by atoms with Crippen molar-refractivity contribution in [3.63, 3.8) is 0 Å². The third-order valence-electron chi connectivity index (χ3n) is 2.76. The molecule has 0 saturated carbocycles. The van der Waals surface area contributed by atoms with Gasteiger partial charge in [-0.1, -0.05) is 13.8 Å². The Labute approximate surface area is 93.9 Å². The zero-order chi connectivity index (χ0) is 11.1. The molecule has 2 rings (SSSR count). The van der Waals surface area contributed by atoms with Crippen LogP contribution in [-0.2, 0) is 12.8 Å². The van der Waals surface area contributed by atoms with Crippen molar-refractivity contribution in [2.24, 2.45) is 11.1 Å². The molecule has 0 radical (unpaired) electrons. The van der Waals surface area contributed by atoms with Crippen LogP contribution in [0.3, 0.4) is 0 Å². The number of rotatable bonds is 1. The van der Waals surface area contributed by atoms with E-state index in [2.05, 4.69) is 24.9 Å². The highest BCUT2D eigenvalue weighted by Crippen LogP contribution is 2.41. The number of nitrogens with zero attached hydrogens (tertiary/aromatic N) is 2. The third-order valence-corrected chi connectivity index (χ3v) is 3.99. The molecule has 1 aromatic heterocycles. The lowest BCUT2D eigenvalue weighted by atomic mass is 9.77. The monoisotopic (exact) mass is 221 g/mol. The van der Waals surface area contributed by atoms with E-state index >= 15 is 0 Å². The molecule has 1 heterocycles. The van der Waals surface area contributed by atoms with Crippen molar-refractivity contribution in [1.29, 1.82) is 5.26 Å². The van der Waals surface area contributed by atoms with Gasteiger partial charge in [-0.2, -0.15) is 5.26 Å². The summed E-state index contributed by atoms with van der Waals surface area (Å²) in [5.41, 5.74) is 7.48. The summed E-state index contributed by atoms with van der Waals surface area (Å²) in [5, 5.41) is 9.55. The Morgan fingerprint density at radius 3 is 3.07 bits per heavy atom. The zero-order valence-corrected chi connectivity index (χ0v) is 9.90. The lowest BCUT2D eigenvalue weighted by Gasteiger charge is -2.32. The molecule has 0 bridgehead atoms. The lowest BCUT2D eigenvalue weighted by molar-refractivity contribution is 0.282. The average Bonchev–Trinajstić information content (AvgIpc) is 2.46. The number of hydrogen-bond donors (Lipinski definition) is 1. The van der Waals surface area contributed by atoms with Gasteiger partial charge in [0, 0.05) is 10.9 Å². The van der Waals surface area contributed by atoms with Crippen LogP contribution in [0.25, 0.3) is 0 Å². The van der Waals surface area contributed by atoms with Gasteiger partial charge in [-0.3, -0.25) is 0 Å². The van der Waals surface area contributed by atoms with E-state index in [1.54, 1.807) is 11.3 Å². The predicted molar refractivity (Wildman–Crippen MR) is 60.5 cm³/mol. The minimum atomic E-state index is 0.105. The summed E-state index contributed by atoms with van der Waals surface area (Å²) >= 11 is 1.61. The van der Waals surface area contributed by atoms with E-state index in [1.165, 1.54) is 4.88 Å². The van der Waals surface area contributed by atoms with Crippen molar-refractivity contribution in [2.75, 3.05) is 0 Å². The second-order valence-corrected chi connectivity index (χ2v) is 6.02. The summed E-state index contributed by atoms with van der Waals surface area (Å²) < 4.78 is 0. The smallest absolute Gasteiger partial charge is 0.107 e. The van der Waals surface area contributed by atoms with E-state index in [-0.39, 0.29) is 11.5 Å². The molecule has 0 spiro atoms. The highest BCUT2D eigenvalue weighted by atomic mass is 32.1. The summed E-state index contributed by atoms with van der Waals surface area (Å²) in [6.45, 7) is 4.44. The SMILES string of the molecule is CC1(C)Cc2nc(CC#N)sc2C(N)C1. The molecular weight excluding hydrogens is 206 g/mol. The van der Waals surface area contributed by atoms with Crippen LogP contribution < -0.4 is 5.73 Å². The van der Waals surface area contributed by atoms with Crippen molar-refractivity contribution >= 4 is 11.3 Å². The molecule has 2 N–H and O–H groups in total. The predicted octanol–water partition coefficient (Wildman–Crippen LogP) is 2.18. The highest BCUT2D eigenvalue weighted by molar-refractivity contribution is 7.11. The van der Waals surface area contributed by atoms with Crippen LogP contribution in [0.1, 0.15) is 41.9 Å². The quantitative estimate of drug-likeness (QED) is 0.790. The van der Waals surface area contributed by atoms with Gasteiger partial charge in [-0.15, -0.1) is 11.3 Å². The molecule has 0 saturated heterocycles. The third kappa shape index (κ3) is 2.04. The van der Waals surface area contributed by atoms with Gasteiger partial charge in [0.1, 0.15) is 5.01 Å². The first-order chi connectivity index (χ1) is 7.02. The number of nitriles is 1. The van der Waals surface area contributed by atoms with Crippen molar-refractivity contribution in [2.45, 2.75) is 39.2 Å². The van der Waals surface area contributed by atoms with Gasteiger partial charge in [0.2, 0.25) is 0 Å². The standard InChI is InChI=1S/C11H15N3S/c1-11(2)5-7(13)10-8(6-11)14-9(15-10)3-4-12/h7H,3,5-6,13H2,1-2H3. The van der Waals surface area contributed by atoms with Gasteiger partial charge >= 0.3 is 0 Å². The Balaban J connectivity index is 2.35. The summed E-state index contributed by atoms with van der Waals surface area (Å²) in [5.74, 6) is 0. The Bertz CT molecular complexity index is 414. The van der Waals surface area contributed by atoms with E-state index in [9.17, 15) is 0 Å². The first kappa shape index (κ1) is 10.6. The minimum Gasteiger partial charge on any atom is -0.323 e. The maximum atomic E-state index is 8.63. The van der Waals surface area contributed by atoms with Gasteiger partial charge in [-0.05, 0) is 18.3 Å². The fraction of sp³-hybridized carbons (Fsp3) is 0.636. The van der Waals surface area contributed by atoms with Crippen LogP contribution in [0.2, 0.25) is 0 Å². The Hall–Kier alpha value is -0.920. The van der Waals surface area contributed by atoms with Gasteiger partial charge in [0.15, 0.2) is 0 Å². The highest BCUT2D eigenvalue weighted by Gasteiger charge is 2.32. The molecule has 1 aliphatic rings. The molecule has 1 aromatic rings. The van der Waals surface area contributed by atoms with E-state index < -0.39 is 0 Å². The number of fused-ring (bicyclic) bond motifs is 1. The molecule has 1 unspecified atom stereocenters. The zero-order valence-electron chi connectivity index (χ0n) is 9.08. The van der Waals surface area contributed by atoms with Crippen LogP contribution in [-0.4, -0.2) is 4.98 Å². The van der Waals surface area contributed by atoms with Crippen molar-refractivity contribution in [3.05, 3.63) is 15.6 Å². The maximum absolute atomic E-state index is 8.63. The van der Waals surface area contributed by atoms with Crippen LogP contribution >= 0.6 is 11.3 Å². The van der Waals surface area contributed by atoms with E-state index in [0.717, 1.165) is 23.5 Å². The largest absolute Gasteiger partial charge is 0.323 e. The van der Waals surface area contributed by atoms with Gasteiger partial charge in [-0.25, -0.2) is 4.98 Å². The molecule has 15 heavy (non-hydrogen) atoms. The summed E-state index contributed by atoms with van der Waals surface area (Å²) in [6, 6.07) is 2.24. The van der Waals surface area contributed by atoms with E-state index in [1.807, 2.05) is 0 Å². The number of thiazole rings is 1. The Kier molecular flexibility index (Phi) is 2.53. The minimum absolute atomic E-state index is 0.105. The van der Waals surface area contributed by atoms with E-state index in [4.69, 9.17) is 11.0 Å². The average molecular weight is 221 g/mol. The normalized spacial score (nSPS) is 23.2. The second kappa shape index (κ2) is 3.58. The van der Waals surface area contributed by atoms with Gasteiger partial charge < -0.3 is 5.73 Å². The summed E-state index contributed by atoms with van der Waals surface area (Å²) in [6.07, 6.45) is 2.40. The fourth-order valence-electron chi connectivity index (χ4n) is 2.19. The Morgan fingerprint density at radius 2 is 2.40 bits per heavy atom. The van der Waals surface area contributed by atoms with Crippen LogP contribution in [0.5, 0.6) is 0 Å². The first-order valence-corrected chi connectivity index (χ1v) is 5.94. The summed E-state index contributed by atoms with van der Waals surface area (Å²) in [4.78, 5) is 5.70. The van der Waals surface area contributed by atoms with Crippen LogP contribution in [0, 0.1) is 16.7 Å².